The highest BCUT2D eigenvalue weighted by Gasteiger charge is 2.51. The molecular formula is C49H55BrN11O5+. The highest BCUT2D eigenvalue weighted by Crippen LogP contribution is 2.44. The van der Waals surface area contributed by atoms with E-state index in [0.717, 1.165) is 84.7 Å². The molecule has 2 amide bonds. The maximum atomic E-state index is 14.4. The van der Waals surface area contributed by atoms with Gasteiger partial charge in [0.25, 0.3) is 11.8 Å². The summed E-state index contributed by atoms with van der Waals surface area (Å²) in [6.45, 7) is 4.20. The van der Waals surface area contributed by atoms with Crippen LogP contribution < -0.4 is 20.6 Å². The number of amides is 2. The molecule has 66 heavy (non-hydrogen) atoms. The molecule has 0 radical (unpaired) electrons. The molecule has 3 aliphatic carbocycles. The number of aryl methyl sites for hydroxylation is 2. The monoisotopic (exact) mass is 956 g/mol. The van der Waals surface area contributed by atoms with Gasteiger partial charge in [0.15, 0.2) is 11.5 Å². The minimum atomic E-state index is -0.149. The Morgan fingerprint density at radius 3 is 2.11 bits per heavy atom. The van der Waals surface area contributed by atoms with E-state index in [4.69, 9.17) is 34.9 Å². The van der Waals surface area contributed by atoms with Crippen LogP contribution in [0.15, 0.2) is 59.3 Å². The molecule has 3 saturated carbocycles. The molecular weight excluding hydrogens is 903 g/mol. The second-order valence-corrected chi connectivity index (χ2v) is 20.0. The Hall–Kier alpha value is -5.96. The molecule has 6 heterocycles. The van der Waals surface area contributed by atoms with Gasteiger partial charge < -0.3 is 43.4 Å². The zero-order chi connectivity index (χ0) is 45.8. The van der Waals surface area contributed by atoms with Crippen molar-refractivity contribution in [1.82, 2.24) is 43.9 Å². The molecule has 4 aromatic heterocycles. The number of nitrogens with zero attached hydrogens (tertiary/aromatic N) is 9. The van der Waals surface area contributed by atoms with Crippen LogP contribution in [0, 0.1) is 23.8 Å². The number of imidazole rings is 2. The normalized spacial score (nSPS) is 26.3. The lowest BCUT2D eigenvalue weighted by Gasteiger charge is -2.44. The van der Waals surface area contributed by atoms with E-state index in [0.29, 0.717) is 63.2 Å². The van der Waals surface area contributed by atoms with E-state index in [1.807, 2.05) is 75.5 Å². The summed E-state index contributed by atoms with van der Waals surface area (Å²) in [5.74, 6) is 3.53. The number of carbonyl (C=O) groups excluding carboxylic acids is 2. The Morgan fingerprint density at radius 2 is 1.48 bits per heavy atom. The summed E-state index contributed by atoms with van der Waals surface area (Å²) in [4.78, 5) is 51.5. The smallest absolute Gasteiger partial charge is 0.375 e. The first-order valence-corrected chi connectivity index (χ1v) is 23.7. The topological polar surface area (TPSA) is 164 Å². The fourth-order valence-electron chi connectivity index (χ4n) is 12.1. The average Bonchev–Trinajstić information content (AvgIpc) is 4.21. The number of hydrogen-bond donors (Lipinski definition) is 2. The van der Waals surface area contributed by atoms with Gasteiger partial charge in [0.1, 0.15) is 39.0 Å². The van der Waals surface area contributed by atoms with Crippen LogP contribution in [0.3, 0.4) is 0 Å². The number of aromatic nitrogens is 6. The van der Waals surface area contributed by atoms with Crippen molar-refractivity contribution in [1.29, 1.82) is 0 Å². The van der Waals surface area contributed by atoms with E-state index in [2.05, 4.69) is 50.0 Å². The van der Waals surface area contributed by atoms with Gasteiger partial charge in [-0.3, -0.25) is 9.59 Å². The van der Waals surface area contributed by atoms with Crippen LogP contribution in [0.4, 0.5) is 0 Å². The van der Waals surface area contributed by atoms with Gasteiger partial charge in [0, 0.05) is 76.2 Å². The molecule has 17 heteroatoms. The Morgan fingerprint density at radius 1 is 0.864 bits per heavy atom. The van der Waals surface area contributed by atoms with Crippen molar-refractivity contribution in [2.75, 3.05) is 34.4 Å². The molecule has 5 aliphatic rings. The second-order valence-electron chi connectivity index (χ2n) is 19.2. The highest BCUT2D eigenvalue weighted by atomic mass is 79.9. The molecule has 0 unspecified atom stereocenters. The van der Waals surface area contributed by atoms with Crippen molar-refractivity contribution >= 4 is 49.8 Å². The van der Waals surface area contributed by atoms with Crippen LogP contribution in [0.2, 0.25) is 0 Å². The fraction of sp³-hybridized carbons (Fsp3) is 0.469. The van der Waals surface area contributed by atoms with Gasteiger partial charge in [-0.2, -0.15) is 0 Å². The minimum Gasteiger partial charge on any atom is -0.494 e. The molecule has 2 aromatic carbocycles. The number of pyridine rings is 1. The van der Waals surface area contributed by atoms with Gasteiger partial charge in [0.2, 0.25) is 0 Å². The predicted molar refractivity (Wildman–Crippen MR) is 253 cm³/mol. The number of carbonyl (C=O) groups is 2. The zero-order valence-corrected chi connectivity index (χ0v) is 39.7. The van der Waals surface area contributed by atoms with Crippen LogP contribution in [0.25, 0.3) is 49.9 Å². The molecule has 0 spiro atoms. The maximum Gasteiger partial charge on any atom is 0.375 e. The fourth-order valence-corrected chi connectivity index (χ4v) is 12.5. The summed E-state index contributed by atoms with van der Waals surface area (Å²) < 4.78 is 24.6. The molecule has 2 saturated heterocycles. The van der Waals surface area contributed by atoms with Crippen molar-refractivity contribution in [2.24, 2.45) is 37.6 Å². The number of nitrogens with two attached hydrogens (primary N) is 1. The van der Waals surface area contributed by atoms with Gasteiger partial charge in [0.05, 0.1) is 53.1 Å². The quantitative estimate of drug-likeness (QED) is 0.113. The second kappa shape index (κ2) is 16.1. The van der Waals surface area contributed by atoms with Crippen molar-refractivity contribution in [3.05, 3.63) is 81.1 Å². The first kappa shape index (κ1) is 42.7. The van der Waals surface area contributed by atoms with E-state index in [1.165, 1.54) is 0 Å². The number of fused-ring (bicyclic) bond motifs is 6. The molecule has 4 bridgehead atoms. The Labute approximate surface area is 391 Å². The van der Waals surface area contributed by atoms with Crippen LogP contribution in [0.5, 0.6) is 11.5 Å². The summed E-state index contributed by atoms with van der Waals surface area (Å²) >= 11 is 3.56. The van der Waals surface area contributed by atoms with Crippen molar-refractivity contribution < 1.29 is 23.8 Å². The number of benzene rings is 2. The zero-order valence-electron chi connectivity index (χ0n) is 38.1. The van der Waals surface area contributed by atoms with Gasteiger partial charge in [-0.1, -0.05) is 5.43 Å². The molecule has 3 N–H and O–H groups in total. The summed E-state index contributed by atoms with van der Waals surface area (Å²) in [5.41, 5.74) is 16.4. The Bertz CT molecular complexity index is 3010. The molecule has 5 fully saturated rings. The Balaban J connectivity index is 0.866. The number of methoxy groups -OCH3 is 3. The standard InChI is InChI=1S/C49H55BrN11O5/c1-49(66-6)20-26(21-49)23-59-31(11-14-37(59)46-55-34-17-29(18-39(65-5)43(34)58(46)3)47(62)60-24-27-9-12-35(60)40(27)51)22-53-56-41-28-10-13-36(41)61(25-28)48(63)30-16-33-42(38(19-30)64-4)57(2)45(54-33)32-8-7-15-52-44(32)50/h7-8,11,14-19,26-28,35-36,40-41,56H,9-10,12-13,20-21,23-25,51H2,1-6H3/q+1/t26?,27-,28-,35-,36-,40-,41-,49?/m1/s1. The van der Waals surface area contributed by atoms with Gasteiger partial charge in [-0.05, 0) is 122 Å². The number of rotatable bonds is 10. The Kier molecular flexibility index (Phi) is 10.4. The maximum absolute atomic E-state index is 14.4. The third kappa shape index (κ3) is 6.77. The number of likely N-dealkylation sites (tertiary alicyclic amines) is 2. The van der Waals surface area contributed by atoms with E-state index in [9.17, 15) is 9.59 Å². The lowest BCUT2D eigenvalue weighted by Crippen LogP contribution is -2.44. The van der Waals surface area contributed by atoms with Crippen LogP contribution in [-0.4, -0.2) is 114 Å². The molecule has 6 aromatic rings. The van der Waals surface area contributed by atoms with Crippen molar-refractivity contribution in [3.63, 3.8) is 0 Å². The highest BCUT2D eigenvalue weighted by molar-refractivity contribution is 9.10. The third-order valence-corrected chi connectivity index (χ3v) is 16.2. The first-order chi connectivity index (χ1) is 31.9. The van der Waals surface area contributed by atoms with E-state index >= 15 is 0 Å². The van der Waals surface area contributed by atoms with E-state index < -0.39 is 0 Å². The molecule has 11 rings (SSSR count). The number of nitrogens with one attached hydrogen (secondary N) is 1. The van der Waals surface area contributed by atoms with Crippen molar-refractivity contribution in [3.8, 4) is 40.5 Å². The molecule has 2 aliphatic heterocycles. The predicted octanol–water partition coefficient (Wildman–Crippen LogP) is 6.64. The summed E-state index contributed by atoms with van der Waals surface area (Å²) in [7, 11) is 8.96. The number of halogens is 1. The average molecular weight is 958 g/mol. The molecule has 342 valence electrons. The summed E-state index contributed by atoms with van der Waals surface area (Å²) in [6, 6.07) is 18.8. The van der Waals surface area contributed by atoms with Gasteiger partial charge in [-0.25, -0.2) is 15.0 Å². The van der Waals surface area contributed by atoms with Crippen LogP contribution >= 0.6 is 15.9 Å². The van der Waals surface area contributed by atoms with Crippen LogP contribution in [-0.2, 0) is 25.4 Å². The lowest BCUT2D eigenvalue weighted by atomic mass is 9.72. The van der Waals surface area contributed by atoms with E-state index in [1.54, 1.807) is 27.5 Å². The number of piperidine rings is 2. The molecule has 6 atom stereocenters. The first-order valence-electron chi connectivity index (χ1n) is 22.9. The molecule has 16 nitrogen and oxygen atoms in total. The minimum absolute atomic E-state index is 0.0240. The van der Waals surface area contributed by atoms with E-state index in [-0.39, 0.29) is 47.5 Å². The summed E-state index contributed by atoms with van der Waals surface area (Å²) in [5, 5.41) is 0. The largest absolute Gasteiger partial charge is 0.494 e. The lowest BCUT2D eigenvalue weighted by molar-refractivity contribution is -0.0939. The number of ether oxygens (including phenoxy) is 3. The SMILES string of the molecule is COc1cc(C(=O)N2C[C@H]3CC[C@@H]2[C@@H]3N[N+]#Cc2ccc(-c3nc4cc(C(=O)N5C[C@H]6CC[C@@H]5[C@@H]6N)cc(OC)c4n3C)n2CC2CC(C)(OC)C2)cc2nc(-c3cccnc3Br)n(C)c12. The third-order valence-electron chi connectivity index (χ3n) is 15.5. The van der Waals surface area contributed by atoms with Gasteiger partial charge in [-0.15, -0.1) is 0 Å². The van der Waals surface area contributed by atoms with Gasteiger partial charge >= 0.3 is 6.07 Å². The number of hydrogen-bond acceptors (Lipinski definition) is 10. The van der Waals surface area contributed by atoms with Crippen LogP contribution in [0.1, 0.15) is 71.9 Å². The van der Waals surface area contributed by atoms with Crippen molar-refractivity contribution in [2.45, 2.75) is 81.8 Å². The summed E-state index contributed by atoms with van der Waals surface area (Å²) in [6.07, 6.45) is 7.48.